The van der Waals surface area contributed by atoms with Gasteiger partial charge in [0.05, 0.1) is 0 Å². The monoisotopic (exact) mass is 284 g/mol. The van der Waals surface area contributed by atoms with Crippen LogP contribution in [0.2, 0.25) is 0 Å². The van der Waals surface area contributed by atoms with Crippen molar-refractivity contribution in [1.29, 1.82) is 0 Å². The summed E-state index contributed by atoms with van der Waals surface area (Å²) in [4.78, 5) is 20.7. The number of hydrogen-bond donors (Lipinski definition) is 2. The molecule has 0 aliphatic heterocycles. The predicted octanol–water partition coefficient (Wildman–Crippen LogP) is 3.06. The van der Waals surface area contributed by atoms with Gasteiger partial charge in [-0.2, -0.15) is 0 Å². The lowest BCUT2D eigenvalue weighted by Crippen LogP contribution is -2.32. The van der Waals surface area contributed by atoms with Gasteiger partial charge in [0.1, 0.15) is 5.69 Å². The molecule has 1 atom stereocenters. The van der Waals surface area contributed by atoms with Crippen LogP contribution in [0.5, 0.6) is 0 Å². The van der Waals surface area contributed by atoms with Gasteiger partial charge in [0.2, 0.25) is 5.95 Å². The molecule has 0 bridgehead atoms. The molecule has 0 saturated carbocycles. The summed E-state index contributed by atoms with van der Waals surface area (Å²) in [5, 5.41) is 6.01. The van der Waals surface area contributed by atoms with Crippen molar-refractivity contribution in [2.75, 3.05) is 5.32 Å². The SMILES string of the molecule is CCC(C)NC(=O)c1cc(C)nc(Nc2ccccc2)n1. The van der Waals surface area contributed by atoms with E-state index in [1.807, 2.05) is 51.1 Å². The summed E-state index contributed by atoms with van der Waals surface area (Å²) in [6, 6.07) is 11.4. The maximum atomic E-state index is 12.1. The smallest absolute Gasteiger partial charge is 0.270 e. The van der Waals surface area contributed by atoms with Crippen LogP contribution in [-0.4, -0.2) is 21.9 Å². The van der Waals surface area contributed by atoms with Crippen molar-refractivity contribution >= 4 is 17.5 Å². The molecule has 0 saturated heterocycles. The molecule has 2 N–H and O–H groups in total. The molecule has 5 heteroatoms. The van der Waals surface area contributed by atoms with E-state index in [0.717, 1.165) is 17.8 Å². The minimum absolute atomic E-state index is 0.123. The molecule has 0 aliphatic carbocycles. The number of carbonyl (C=O) groups is 1. The Hall–Kier alpha value is -2.43. The fourth-order valence-corrected chi connectivity index (χ4v) is 1.79. The van der Waals surface area contributed by atoms with Crippen molar-refractivity contribution in [2.24, 2.45) is 0 Å². The molecule has 5 nitrogen and oxygen atoms in total. The van der Waals surface area contributed by atoms with Gasteiger partial charge in [0.25, 0.3) is 5.91 Å². The van der Waals surface area contributed by atoms with Gasteiger partial charge in [-0.15, -0.1) is 0 Å². The van der Waals surface area contributed by atoms with Crippen LogP contribution < -0.4 is 10.6 Å². The number of nitrogens with zero attached hydrogens (tertiary/aromatic N) is 2. The van der Waals surface area contributed by atoms with Crippen LogP contribution in [0.3, 0.4) is 0 Å². The summed E-state index contributed by atoms with van der Waals surface area (Å²) < 4.78 is 0. The lowest BCUT2D eigenvalue weighted by atomic mass is 10.2. The average molecular weight is 284 g/mol. The molecule has 21 heavy (non-hydrogen) atoms. The number of benzene rings is 1. The molecule has 2 rings (SSSR count). The van der Waals surface area contributed by atoms with Gasteiger partial charge in [-0.1, -0.05) is 25.1 Å². The number of anilines is 2. The molecule has 110 valence electrons. The summed E-state index contributed by atoms with van der Waals surface area (Å²) in [6.45, 7) is 5.84. The lowest BCUT2D eigenvalue weighted by molar-refractivity contribution is 0.0934. The van der Waals surface area contributed by atoms with Crippen molar-refractivity contribution < 1.29 is 4.79 Å². The van der Waals surface area contributed by atoms with Crippen LogP contribution in [0.1, 0.15) is 36.5 Å². The van der Waals surface area contributed by atoms with E-state index < -0.39 is 0 Å². The van der Waals surface area contributed by atoms with E-state index in [-0.39, 0.29) is 11.9 Å². The van der Waals surface area contributed by atoms with Crippen LogP contribution in [0, 0.1) is 6.92 Å². The highest BCUT2D eigenvalue weighted by Gasteiger charge is 2.12. The summed E-state index contributed by atoms with van der Waals surface area (Å²) in [5.41, 5.74) is 2.01. The number of rotatable bonds is 5. The van der Waals surface area contributed by atoms with Crippen LogP contribution in [-0.2, 0) is 0 Å². The number of carbonyl (C=O) groups excluding carboxylic acids is 1. The first kappa shape index (κ1) is 15.0. The maximum absolute atomic E-state index is 12.1. The van der Waals surface area contributed by atoms with Crippen molar-refractivity contribution in [3.63, 3.8) is 0 Å². The molecule has 1 aromatic carbocycles. The Morgan fingerprint density at radius 1 is 1.24 bits per heavy atom. The first-order valence-corrected chi connectivity index (χ1v) is 7.07. The zero-order valence-electron chi connectivity index (χ0n) is 12.6. The highest BCUT2D eigenvalue weighted by molar-refractivity contribution is 5.92. The van der Waals surface area contributed by atoms with E-state index in [9.17, 15) is 4.79 Å². The molecular formula is C16H20N4O. The highest BCUT2D eigenvalue weighted by Crippen LogP contribution is 2.13. The van der Waals surface area contributed by atoms with Gasteiger partial charge in [0.15, 0.2) is 0 Å². The molecule has 0 radical (unpaired) electrons. The number of nitrogens with one attached hydrogen (secondary N) is 2. The largest absolute Gasteiger partial charge is 0.348 e. The zero-order chi connectivity index (χ0) is 15.2. The Balaban J connectivity index is 2.19. The Morgan fingerprint density at radius 2 is 1.95 bits per heavy atom. The second-order valence-electron chi connectivity index (χ2n) is 4.99. The molecular weight excluding hydrogens is 264 g/mol. The molecule has 1 unspecified atom stereocenters. The summed E-state index contributed by atoms with van der Waals surface area (Å²) >= 11 is 0. The van der Waals surface area contributed by atoms with Gasteiger partial charge in [0, 0.05) is 17.4 Å². The second kappa shape index (κ2) is 6.83. The van der Waals surface area contributed by atoms with Crippen LogP contribution >= 0.6 is 0 Å². The standard InChI is InChI=1S/C16H20N4O/c1-4-11(2)17-15(21)14-10-12(3)18-16(20-14)19-13-8-6-5-7-9-13/h5-11H,4H2,1-3H3,(H,17,21)(H,18,19,20). The third kappa shape index (κ3) is 4.27. The average Bonchev–Trinajstić information content (AvgIpc) is 2.47. The van der Waals surface area contributed by atoms with E-state index in [4.69, 9.17) is 0 Å². The molecule has 2 aromatic rings. The molecule has 0 aliphatic rings. The van der Waals surface area contributed by atoms with Crippen LogP contribution in [0.15, 0.2) is 36.4 Å². The first-order chi connectivity index (χ1) is 10.1. The number of aryl methyl sites for hydroxylation is 1. The van der Waals surface area contributed by atoms with Crippen molar-refractivity contribution in [2.45, 2.75) is 33.2 Å². The molecule has 1 amide bonds. The zero-order valence-corrected chi connectivity index (χ0v) is 12.6. The van der Waals surface area contributed by atoms with E-state index in [0.29, 0.717) is 11.6 Å². The van der Waals surface area contributed by atoms with E-state index in [1.165, 1.54) is 0 Å². The Bertz CT molecular complexity index is 613. The summed E-state index contributed by atoms with van der Waals surface area (Å²) in [7, 11) is 0. The molecule has 1 heterocycles. The molecule has 0 spiro atoms. The number of hydrogen-bond acceptors (Lipinski definition) is 4. The summed E-state index contributed by atoms with van der Waals surface area (Å²) in [6.07, 6.45) is 0.880. The topological polar surface area (TPSA) is 66.9 Å². The van der Waals surface area contributed by atoms with E-state index in [2.05, 4.69) is 20.6 Å². The lowest BCUT2D eigenvalue weighted by Gasteiger charge is -2.12. The van der Waals surface area contributed by atoms with Gasteiger partial charge < -0.3 is 10.6 Å². The third-order valence-electron chi connectivity index (χ3n) is 3.11. The summed E-state index contributed by atoms with van der Waals surface area (Å²) in [5.74, 6) is 0.251. The van der Waals surface area contributed by atoms with Gasteiger partial charge in [-0.05, 0) is 38.5 Å². The Kier molecular flexibility index (Phi) is 4.87. The maximum Gasteiger partial charge on any atom is 0.270 e. The van der Waals surface area contributed by atoms with Crippen molar-refractivity contribution in [3.05, 3.63) is 47.8 Å². The predicted molar refractivity (Wildman–Crippen MR) is 83.7 cm³/mol. The van der Waals surface area contributed by atoms with Crippen molar-refractivity contribution in [1.82, 2.24) is 15.3 Å². The van der Waals surface area contributed by atoms with Crippen LogP contribution in [0.25, 0.3) is 0 Å². The minimum Gasteiger partial charge on any atom is -0.348 e. The normalized spacial score (nSPS) is 11.8. The number of aromatic nitrogens is 2. The minimum atomic E-state index is -0.175. The molecule has 1 aromatic heterocycles. The van der Waals surface area contributed by atoms with Crippen LogP contribution in [0.4, 0.5) is 11.6 Å². The number of para-hydroxylation sites is 1. The van der Waals surface area contributed by atoms with E-state index in [1.54, 1.807) is 6.07 Å². The van der Waals surface area contributed by atoms with Gasteiger partial charge in [-0.25, -0.2) is 9.97 Å². The van der Waals surface area contributed by atoms with Gasteiger partial charge in [-0.3, -0.25) is 4.79 Å². The Morgan fingerprint density at radius 3 is 2.62 bits per heavy atom. The number of amides is 1. The first-order valence-electron chi connectivity index (χ1n) is 7.07. The van der Waals surface area contributed by atoms with Crippen molar-refractivity contribution in [3.8, 4) is 0 Å². The fourth-order valence-electron chi connectivity index (χ4n) is 1.79. The Labute approximate surface area is 124 Å². The second-order valence-corrected chi connectivity index (χ2v) is 4.99. The fraction of sp³-hybridized carbons (Fsp3) is 0.312. The molecule has 0 fully saturated rings. The van der Waals surface area contributed by atoms with E-state index >= 15 is 0 Å². The third-order valence-corrected chi connectivity index (χ3v) is 3.11. The van der Waals surface area contributed by atoms with Gasteiger partial charge >= 0.3 is 0 Å². The highest BCUT2D eigenvalue weighted by atomic mass is 16.1. The quantitative estimate of drug-likeness (QED) is 0.885.